The van der Waals surface area contributed by atoms with Crippen molar-refractivity contribution in [1.29, 1.82) is 0 Å². The number of fused-ring (bicyclic) bond motifs is 1. The van der Waals surface area contributed by atoms with Gasteiger partial charge in [0, 0.05) is 18.2 Å². The van der Waals surface area contributed by atoms with Gasteiger partial charge in [-0.05, 0) is 37.1 Å². The molecule has 7 heteroatoms. The van der Waals surface area contributed by atoms with Crippen LogP contribution in [0.25, 0.3) is 5.69 Å². The smallest absolute Gasteiger partial charge is 0.170 e. The molecule has 0 N–H and O–H groups in total. The third kappa shape index (κ3) is 2.96. The van der Waals surface area contributed by atoms with Gasteiger partial charge in [-0.25, -0.2) is 9.67 Å². The number of hydrogen-bond donors (Lipinski definition) is 0. The Morgan fingerprint density at radius 1 is 1.12 bits per heavy atom. The summed E-state index contributed by atoms with van der Waals surface area (Å²) in [7, 11) is 0. The zero-order valence-corrected chi connectivity index (χ0v) is 14.2. The number of hydrogen-bond acceptors (Lipinski definition) is 6. The predicted molar refractivity (Wildman–Crippen MR) is 92.9 cm³/mol. The van der Waals surface area contributed by atoms with E-state index in [0.717, 1.165) is 41.7 Å². The number of ether oxygens (including phenoxy) is 3. The molecule has 1 saturated carbocycles. The first kappa shape index (κ1) is 15.2. The second-order valence-electron chi connectivity index (χ2n) is 6.38. The lowest BCUT2D eigenvalue weighted by atomic mass is 10.2. The zero-order valence-electron chi connectivity index (χ0n) is 14.2. The van der Waals surface area contributed by atoms with Crippen molar-refractivity contribution in [2.45, 2.75) is 25.4 Å². The van der Waals surface area contributed by atoms with Crippen molar-refractivity contribution in [2.24, 2.45) is 0 Å². The molecule has 0 unspecified atom stereocenters. The second-order valence-corrected chi connectivity index (χ2v) is 6.38. The number of nitrogens with zero attached hydrogens (tertiary/aromatic N) is 4. The summed E-state index contributed by atoms with van der Waals surface area (Å²) in [6.45, 7) is 1.45. The minimum absolute atomic E-state index is 0.319. The van der Waals surface area contributed by atoms with Crippen molar-refractivity contribution in [3.8, 4) is 22.9 Å². The summed E-state index contributed by atoms with van der Waals surface area (Å²) < 4.78 is 19.0. The monoisotopic (exact) mass is 350 g/mol. The van der Waals surface area contributed by atoms with Crippen LogP contribution >= 0.6 is 0 Å². The number of rotatable bonds is 5. The molecule has 0 bridgehead atoms. The van der Waals surface area contributed by atoms with Crippen molar-refractivity contribution in [2.75, 3.05) is 13.2 Å². The molecular weight excluding hydrogens is 332 g/mol. The highest BCUT2D eigenvalue weighted by Gasteiger charge is 2.29. The highest BCUT2D eigenvalue weighted by Crippen LogP contribution is 2.39. The fourth-order valence-corrected chi connectivity index (χ4v) is 2.92. The van der Waals surface area contributed by atoms with Gasteiger partial charge >= 0.3 is 0 Å². The molecule has 0 saturated heterocycles. The molecule has 1 aliphatic carbocycles. The van der Waals surface area contributed by atoms with E-state index in [2.05, 4.69) is 4.98 Å². The van der Waals surface area contributed by atoms with Crippen molar-refractivity contribution >= 4 is 0 Å². The van der Waals surface area contributed by atoms with Crippen LogP contribution in [0.3, 0.4) is 0 Å². The van der Waals surface area contributed by atoms with Gasteiger partial charge in [-0.1, -0.05) is 0 Å². The summed E-state index contributed by atoms with van der Waals surface area (Å²) in [5.41, 5.74) is 0.887. The standard InChI is InChI=1S/C19H18N4O3/c1-2-15(11-20-7-1)26-12-18-21-19(13-3-4-13)22-23(18)14-5-6-16-17(10-14)25-9-8-24-16/h1-2,5-7,10-11,13H,3-4,8-9,12H2. The molecule has 2 aliphatic rings. The normalized spacial score (nSPS) is 15.7. The van der Waals surface area contributed by atoms with E-state index in [4.69, 9.17) is 24.3 Å². The summed E-state index contributed by atoms with van der Waals surface area (Å²) in [5.74, 6) is 4.30. The Morgan fingerprint density at radius 2 is 2.00 bits per heavy atom. The molecule has 3 aromatic rings. The van der Waals surface area contributed by atoms with Gasteiger partial charge in [-0.15, -0.1) is 0 Å². The van der Waals surface area contributed by atoms with Crippen LogP contribution in [0.1, 0.15) is 30.4 Å². The second kappa shape index (κ2) is 6.33. The third-order valence-corrected chi connectivity index (χ3v) is 4.41. The van der Waals surface area contributed by atoms with Crippen LogP contribution in [0.4, 0.5) is 0 Å². The van der Waals surface area contributed by atoms with Crippen LogP contribution in [0.2, 0.25) is 0 Å². The minimum Gasteiger partial charge on any atom is -0.486 e. The molecule has 26 heavy (non-hydrogen) atoms. The summed E-state index contributed by atoms with van der Waals surface area (Å²) in [6, 6.07) is 9.53. The summed E-state index contributed by atoms with van der Waals surface area (Å²) in [6.07, 6.45) is 5.70. The molecule has 3 heterocycles. The molecule has 0 radical (unpaired) electrons. The molecule has 0 spiro atoms. The summed E-state index contributed by atoms with van der Waals surface area (Å²) in [4.78, 5) is 8.78. The largest absolute Gasteiger partial charge is 0.486 e. The first-order chi connectivity index (χ1) is 12.9. The van der Waals surface area contributed by atoms with E-state index in [0.29, 0.717) is 31.5 Å². The average molecular weight is 350 g/mol. The van der Waals surface area contributed by atoms with Gasteiger partial charge in [0.25, 0.3) is 0 Å². The third-order valence-electron chi connectivity index (χ3n) is 4.41. The zero-order chi connectivity index (χ0) is 17.3. The van der Waals surface area contributed by atoms with Crippen LogP contribution in [0.5, 0.6) is 17.2 Å². The Morgan fingerprint density at radius 3 is 2.81 bits per heavy atom. The predicted octanol–water partition coefficient (Wildman–Crippen LogP) is 2.89. The van der Waals surface area contributed by atoms with E-state index in [1.807, 2.05) is 35.0 Å². The van der Waals surface area contributed by atoms with E-state index in [1.54, 1.807) is 12.4 Å². The van der Waals surface area contributed by atoms with Crippen LogP contribution in [0, 0.1) is 0 Å². The topological polar surface area (TPSA) is 71.3 Å². The molecular formula is C19H18N4O3. The van der Waals surface area contributed by atoms with Crippen molar-refractivity contribution in [3.63, 3.8) is 0 Å². The molecule has 0 amide bonds. The molecule has 5 rings (SSSR count). The van der Waals surface area contributed by atoms with E-state index < -0.39 is 0 Å². The van der Waals surface area contributed by atoms with Gasteiger partial charge in [-0.3, -0.25) is 4.98 Å². The maximum Gasteiger partial charge on any atom is 0.170 e. The first-order valence-electron chi connectivity index (χ1n) is 8.75. The Bertz CT molecular complexity index is 922. The highest BCUT2D eigenvalue weighted by atomic mass is 16.6. The van der Waals surface area contributed by atoms with E-state index >= 15 is 0 Å². The molecule has 132 valence electrons. The lowest BCUT2D eigenvalue weighted by molar-refractivity contribution is 0.171. The van der Waals surface area contributed by atoms with Crippen molar-refractivity contribution in [3.05, 3.63) is 54.4 Å². The lowest BCUT2D eigenvalue weighted by Crippen LogP contribution is -2.16. The van der Waals surface area contributed by atoms with Crippen LogP contribution in [-0.2, 0) is 6.61 Å². The Labute approximate surface area is 150 Å². The molecule has 2 aromatic heterocycles. The number of aromatic nitrogens is 4. The van der Waals surface area contributed by atoms with Crippen molar-refractivity contribution in [1.82, 2.24) is 19.7 Å². The molecule has 1 aliphatic heterocycles. The Balaban J connectivity index is 1.47. The Kier molecular flexibility index (Phi) is 3.70. The van der Waals surface area contributed by atoms with Crippen molar-refractivity contribution < 1.29 is 14.2 Å². The van der Waals surface area contributed by atoms with Gasteiger partial charge in [0.1, 0.15) is 25.6 Å². The summed E-state index contributed by atoms with van der Waals surface area (Å²) in [5, 5.41) is 4.72. The van der Waals surface area contributed by atoms with Gasteiger partial charge in [0.2, 0.25) is 0 Å². The van der Waals surface area contributed by atoms with Gasteiger partial charge < -0.3 is 14.2 Å². The van der Waals surface area contributed by atoms with Crippen LogP contribution in [0.15, 0.2) is 42.7 Å². The first-order valence-corrected chi connectivity index (χ1v) is 8.75. The minimum atomic E-state index is 0.319. The fraction of sp³-hybridized carbons (Fsp3) is 0.316. The maximum atomic E-state index is 5.84. The Hall–Kier alpha value is -3.09. The fourth-order valence-electron chi connectivity index (χ4n) is 2.92. The van der Waals surface area contributed by atoms with Crippen LogP contribution < -0.4 is 14.2 Å². The quantitative estimate of drug-likeness (QED) is 0.705. The number of pyridine rings is 1. The van der Waals surface area contributed by atoms with E-state index in [9.17, 15) is 0 Å². The molecule has 1 aromatic carbocycles. The SMILES string of the molecule is c1cncc(OCc2nc(C3CC3)nn2-c2ccc3c(c2)OCCO3)c1. The molecule has 1 fully saturated rings. The maximum absolute atomic E-state index is 5.84. The molecule has 0 atom stereocenters. The molecule has 7 nitrogen and oxygen atoms in total. The van der Waals surface area contributed by atoms with Gasteiger partial charge in [0.15, 0.2) is 23.1 Å². The van der Waals surface area contributed by atoms with E-state index in [-0.39, 0.29) is 0 Å². The average Bonchev–Trinajstić information content (AvgIpc) is 3.46. The highest BCUT2D eigenvalue weighted by molar-refractivity contribution is 5.49. The lowest BCUT2D eigenvalue weighted by Gasteiger charge is -2.19. The van der Waals surface area contributed by atoms with Gasteiger partial charge in [0.05, 0.1) is 11.9 Å². The van der Waals surface area contributed by atoms with E-state index in [1.165, 1.54) is 0 Å². The summed E-state index contributed by atoms with van der Waals surface area (Å²) >= 11 is 0. The van der Waals surface area contributed by atoms with Crippen LogP contribution in [-0.4, -0.2) is 33.0 Å². The van der Waals surface area contributed by atoms with Gasteiger partial charge in [-0.2, -0.15) is 5.10 Å². The number of benzene rings is 1.